The third kappa shape index (κ3) is 6.77. The lowest BCUT2D eigenvalue weighted by molar-refractivity contribution is -0.139. The zero-order chi connectivity index (χ0) is 25.6. The summed E-state index contributed by atoms with van der Waals surface area (Å²) in [5.74, 6) is 0.0104. The number of carbonyl (C=O) groups excluding carboxylic acids is 1. The molecule has 2 aliphatic carbocycles. The molecule has 1 saturated carbocycles. The van der Waals surface area contributed by atoms with E-state index in [4.69, 9.17) is 9.72 Å². The minimum Gasteiger partial charge on any atom is -0.480 e. The number of aryl methyl sites for hydroxylation is 3. The van der Waals surface area contributed by atoms with Gasteiger partial charge in [0.2, 0.25) is 0 Å². The topological polar surface area (TPSA) is 117 Å². The lowest BCUT2D eigenvalue weighted by atomic mass is 10.1. The van der Waals surface area contributed by atoms with E-state index in [1.54, 1.807) is 6.20 Å². The van der Waals surface area contributed by atoms with Gasteiger partial charge in [-0.3, -0.25) is 4.98 Å². The van der Waals surface area contributed by atoms with Crippen molar-refractivity contribution in [2.24, 2.45) is 0 Å². The quantitative estimate of drug-likeness (QED) is 0.371. The summed E-state index contributed by atoms with van der Waals surface area (Å²) in [7, 11) is 0. The molecule has 0 aromatic carbocycles. The summed E-state index contributed by atoms with van der Waals surface area (Å²) in [6.07, 6.45) is 10.0. The molecule has 3 aliphatic rings. The molecule has 1 amide bonds. The van der Waals surface area contributed by atoms with Crippen molar-refractivity contribution in [3.63, 3.8) is 0 Å². The molecule has 37 heavy (non-hydrogen) atoms. The van der Waals surface area contributed by atoms with Crippen LogP contribution >= 0.6 is 0 Å². The smallest absolute Gasteiger partial charge is 0.408 e. The maximum Gasteiger partial charge on any atom is 0.408 e. The largest absolute Gasteiger partial charge is 0.480 e. The van der Waals surface area contributed by atoms with Crippen LogP contribution in [-0.4, -0.2) is 63.8 Å². The fourth-order valence-electron chi connectivity index (χ4n) is 5.40. The second kappa shape index (κ2) is 11.9. The van der Waals surface area contributed by atoms with Crippen LogP contribution in [0.3, 0.4) is 0 Å². The summed E-state index contributed by atoms with van der Waals surface area (Å²) in [6, 6.07) is 7.63. The van der Waals surface area contributed by atoms with Gasteiger partial charge in [-0.05, 0) is 88.4 Å². The SMILES string of the molecule is O=C(NC(CCN(CCCCc1ccc2c(n1)NCCC2)C1CC1)C(=O)O)OC1CCc2ncccc21. The van der Waals surface area contributed by atoms with Crippen molar-refractivity contribution < 1.29 is 19.4 Å². The van der Waals surface area contributed by atoms with Crippen LogP contribution in [-0.2, 0) is 28.8 Å². The number of hydrogen-bond donors (Lipinski definition) is 3. The molecule has 1 aliphatic heterocycles. The molecular formula is C28H37N5O4. The highest BCUT2D eigenvalue weighted by molar-refractivity contribution is 5.80. The molecule has 0 spiro atoms. The highest BCUT2D eigenvalue weighted by Gasteiger charge is 2.31. The first-order valence-corrected chi connectivity index (χ1v) is 13.7. The van der Waals surface area contributed by atoms with Gasteiger partial charge in [-0.15, -0.1) is 0 Å². The van der Waals surface area contributed by atoms with E-state index >= 15 is 0 Å². The molecule has 0 radical (unpaired) electrons. The van der Waals surface area contributed by atoms with Crippen LogP contribution < -0.4 is 10.6 Å². The van der Waals surface area contributed by atoms with Crippen molar-refractivity contribution in [3.8, 4) is 0 Å². The molecule has 9 heteroatoms. The lowest BCUT2D eigenvalue weighted by Crippen LogP contribution is -2.44. The Bertz CT molecular complexity index is 1110. The number of amides is 1. The molecule has 5 rings (SSSR count). The number of aromatic nitrogens is 2. The van der Waals surface area contributed by atoms with Crippen LogP contribution in [0, 0.1) is 0 Å². The van der Waals surface area contributed by atoms with Crippen LogP contribution in [0.4, 0.5) is 10.6 Å². The second-order valence-corrected chi connectivity index (χ2v) is 10.4. The number of carboxylic acid groups (broad SMARTS) is 1. The zero-order valence-electron chi connectivity index (χ0n) is 21.3. The number of carboxylic acids is 1. The van der Waals surface area contributed by atoms with E-state index in [0.29, 0.717) is 25.4 Å². The van der Waals surface area contributed by atoms with Crippen molar-refractivity contribution >= 4 is 17.9 Å². The average molecular weight is 508 g/mol. The Morgan fingerprint density at radius 2 is 2.05 bits per heavy atom. The van der Waals surface area contributed by atoms with Gasteiger partial charge in [0.15, 0.2) is 0 Å². The number of unbranched alkanes of at least 4 members (excludes halogenated alkanes) is 1. The van der Waals surface area contributed by atoms with Crippen LogP contribution in [0.15, 0.2) is 30.5 Å². The highest BCUT2D eigenvalue weighted by Crippen LogP contribution is 2.32. The van der Waals surface area contributed by atoms with Crippen molar-refractivity contribution in [1.29, 1.82) is 0 Å². The third-order valence-corrected chi connectivity index (χ3v) is 7.60. The minimum atomic E-state index is -1.03. The molecule has 0 saturated heterocycles. The van der Waals surface area contributed by atoms with Crippen LogP contribution in [0.5, 0.6) is 0 Å². The van der Waals surface area contributed by atoms with Gasteiger partial charge >= 0.3 is 12.1 Å². The summed E-state index contributed by atoms with van der Waals surface area (Å²) in [6.45, 7) is 2.56. The summed E-state index contributed by atoms with van der Waals surface area (Å²) >= 11 is 0. The Morgan fingerprint density at radius 3 is 2.89 bits per heavy atom. The fraction of sp³-hybridized carbons (Fsp3) is 0.571. The predicted octanol–water partition coefficient (Wildman–Crippen LogP) is 3.88. The normalized spacial score (nSPS) is 19.0. The van der Waals surface area contributed by atoms with E-state index < -0.39 is 18.1 Å². The van der Waals surface area contributed by atoms with Gasteiger partial charge in [-0.25, -0.2) is 14.6 Å². The molecule has 1 fully saturated rings. The monoisotopic (exact) mass is 507 g/mol. The van der Waals surface area contributed by atoms with Gasteiger partial charge in [0.25, 0.3) is 0 Å². The van der Waals surface area contributed by atoms with Gasteiger partial charge in [-0.1, -0.05) is 12.1 Å². The Labute approximate surface area is 218 Å². The molecule has 2 atom stereocenters. The van der Waals surface area contributed by atoms with E-state index in [-0.39, 0.29) is 6.10 Å². The fourth-order valence-corrected chi connectivity index (χ4v) is 5.40. The van der Waals surface area contributed by atoms with Crippen molar-refractivity contribution in [1.82, 2.24) is 20.2 Å². The number of hydrogen-bond acceptors (Lipinski definition) is 7. The average Bonchev–Trinajstić information content (AvgIpc) is 3.68. The van der Waals surface area contributed by atoms with Gasteiger partial charge in [0.05, 0.1) is 0 Å². The predicted molar refractivity (Wildman–Crippen MR) is 140 cm³/mol. The second-order valence-electron chi connectivity index (χ2n) is 10.4. The van der Waals surface area contributed by atoms with E-state index in [2.05, 4.69) is 32.7 Å². The first kappa shape index (κ1) is 25.4. The maximum absolute atomic E-state index is 12.5. The molecule has 9 nitrogen and oxygen atoms in total. The number of rotatable bonds is 12. The number of alkyl carbamates (subject to hydrolysis) is 1. The highest BCUT2D eigenvalue weighted by atomic mass is 16.6. The molecule has 0 bridgehead atoms. The first-order valence-electron chi connectivity index (χ1n) is 13.7. The van der Waals surface area contributed by atoms with Crippen LogP contribution in [0.25, 0.3) is 0 Å². The minimum absolute atomic E-state index is 0.349. The summed E-state index contributed by atoms with van der Waals surface area (Å²) < 4.78 is 5.56. The van der Waals surface area contributed by atoms with Crippen molar-refractivity contribution in [3.05, 3.63) is 53.0 Å². The van der Waals surface area contributed by atoms with Gasteiger partial charge in [-0.2, -0.15) is 0 Å². The van der Waals surface area contributed by atoms with E-state index in [9.17, 15) is 14.7 Å². The third-order valence-electron chi connectivity index (χ3n) is 7.60. The summed E-state index contributed by atoms with van der Waals surface area (Å²) in [5.41, 5.74) is 4.28. The molecular weight excluding hydrogens is 470 g/mol. The van der Waals surface area contributed by atoms with Gasteiger partial charge < -0.3 is 25.4 Å². The van der Waals surface area contributed by atoms with Crippen LogP contribution in [0.2, 0.25) is 0 Å². The lowest BCUT2D eigenvalue weighted by Gasteiger charge is -2.24. The molecule has 3 heterocycles. The van der Waals surface area contributed by atoms with Gasteiger partial charge in [0, 0.05) is 42.3 Å². The number of anilines is 1. The summed E-state index contributed by atoms with van der Waals surface area (Å²) in [4.78, 5) is 35.9. The number of nitrogens with zero attached hydrogens (tertiary/aromatic N) is 3. The molecule has 2 unspecified atom stereocenters. The van der Waals surface area contributed by atoms with Crippen molar-refractivity contribution in [2.75, 3.05) is 25.0 Å². The molecule has 2 aromatic heterocycles. The Balaban J connectivity index is 1.06. The first-order chi connectivity index (χ1) is 18.1. The Morgan fingerprint density at radius 1 is 1.16 bits per heavy atom. The van der Waals surface area contributed by atoms with Crippen molar-refractivity contribution in [2.45, 2.75) is 82.4 Å². The number of nitrogens with one attached hydrogen (secondary N) is 2. The van der Waals surface area contributed by atoms with Gasteiger partial charge in [0.1, 0.15) is 18.0 Å². The van der Waals surface area contributed by atoms with Crippen LogP contribution in [0.1, 0.15) is 73.6 Å². The Kier molecular flexibility index (Phi) is 8.18. The standard InChI is InChI=1S/C28H37N5O4/c34-27(35)24(32-28(36)37-25-13-12-23-22(25)7-4-15-29-23)14-18-33(21-10-11-21)17-2-1-6-20-9-8-19-5-3-16-30-26(19)31-20/h4,7-9,15,21,24-25H,1-3,5-6,10-14,16-18H2,(H,30,31)(H,32,36)(H,34,35). The molecule has 2 aromatic rings. The number of aliphatic carboxylic acids is 1. The number of pyridine rings is 2. The molecule has 3 N–H and O–H groups in total. The maximum atomic E-state index is 12.5. The zero-order valence-corrected chi connectivity index (χ0v) is 21.3. The van der Waals surface area contributed by atoms with E-state index in [1.165, 1.54) is 5.56 Å². The molecule has 198 valence electrons. The summed E-state index contributed by atoms with van der Waals surface area (Å²) in [5, 5.41) is 15.7. The number of ether oxygens (including phenoxy) is 1. The van der Waals surface area contributed by atoms with E-state index in [0.717, 1.165) is 87.2 Å². The van der Waals surface area contributed by atoms with E-state index in [1.807, 2.05) is 12.1 Å². The number of carbonyl (C=O) groups is 2. The Hall–Kier alpha value is -3.20. The number of fused-ring (bicyclic) bond motifs is 2.